The van der Waals surface area contributed by atoms with Crippen molar-refractivity contribution in [2.24, 2.45) is 0 Å². The molecule has 0 aliphatic heterocycles. The lowest BCUT2D eigenvalue weighted by molar-refractivity contribution is -0.121. The first-order valence-electron chi connectivity index (χ1n) is 8.67. The molecular formula is C21H25NO5. The summed E-state index contributed by atoms with van der Waals surface area (Å²) in [6, 6.07) is 12.1. The predicted octanol–water partition coefficient (Wildman–Crippen LogP) is 3.55. The van der Waals surface area contributed by atoms with Crippen molar-refractivity contribution in [1.82, 2.24) is 5.32 Å². The minimum absolute atomic E-state index is 0.0772. The van der Waals surface area contributed by atoms with Gasteiger partial charge >= 0.3 is 0 Å². The molecule has 1 unspecified atom stereocenters. The molecule has 0 fully saturated rings. The Balaban J connectivity index is 1.90. The SMILES string of the molecule is COc1ccc(C(=O)CCC(=O)NC(C)c2ccc(OC)c(OC)c2)cc1. The number of hydrogen-bond donors (Lipinski definition) is 1. The van der Waals surface area contributed by atoms with E-state index in [9.17, 15) is 9.59 Å². The molecule has 0 spiro atoms. The first-order valence-corrected chi connectivity index (χ1v) is 8.67. The molecule has 1 atom stereocenters. The van der Waals surface area contributed by atoms with Gasteiger partial charge in [-0.2, -0.15) is 0 Å². The topological polar surface area (TPSA) is 73.9 Å². The second-order valence-corrected chi connectivity index (χ2v) is 6.06. The quantitative estimate of drug-likeness (QED) is 0.683. The summed E-state index contributed by atoms with van der Waals surface area (Å²) in [6.07, 6.45) is 0.277. The van der Waals surface area contributed by atoms with Gasteiger partial charge in [0.25, 0.3) is 0 Å². The zero-order chi connectivity index (χ0) is 19.8. The van der Waals surface area contributed by atoms with Crippen LogP contribution in [0.3, 0.4) is 0 Å². The highest BCUT2D eigenvalue weighted by Crippen LogP contribution is 2.29. The van der Waals surface area contributed by atoms with E-state index in [0.29, 0.717) is 22.8 Å². The number of amides is 1. The molecule has 0 saturated heterocycles. The molecule has 1 amide bonds. The Morgan fingerprint density at radius 1 is 0.889 bits per heavy atom. The summed E-state index contributed by atoms with van der Waals surface area (Å²) in [4.78, 5) is 24.4. The summed E-state index contributed by atoms with van der Waals surface area (Å²) in [5.74, 6) is 1.66. The number of nitrogens with one attached hydrogen (secondary N) is 1. The van der Waals surface area contributed by atoms with E-state index < -0.39 is 0 Å². The molecule has 2 rings (SSSR count). The number of benzene rings is 2. The van der Waals surface area contributed by atoms with E-state index in [4.69, 9.17) is 14.2 Å². The Morgan fingerprint density at radius 3 is 2.15 bits per heavy atom. The van der Waals surface area contributed by atoms with E-state index in [1.165, 1.54) is 0 Å². The van der Waals surface area contributed by atoms with Gasteiger partial charge in [-0.1, -0.05) is 6.07 Å². The molecule has 2 aromatic rings. The standard InChI is InChI=1S/C21H25NO5/c1-14(16-7-11-19(26-3)20(13-16)27-4)22-21(24)12-10-18(23)15-5-8-17(25-2)9-6-15/h5-9,11,13-14H,10,12H2,1-4H3,(H,22,24). The number of hydrogen-bond acceptors (Lipinski definition) is 5. The Hall–Kier alpha value is -3.02. The van der Waals surface area contributed by atoms with Gasteiger partial charge in [-0.25, -0.2) is 0 Å². The molecule has 1 N–H and O–H groups in total. The van der Waals surface area contributed by atoms with E-state index in [0.717, 1.165) is 5.56 Å². The molecule has 0 radical (unpaired) electrons. The first kappa shape index (κ1) is 20.3. The van der Waals surface area contributed by atoms with Gasteiger partial charge in [0.05, 0.1) is 27.4 Å². The Bertz CT molecular complexity index is 786. The second-order valence-electron chi connectivity index (χ2n) is 6.06. The van der Waals surface area contributed by atoms with Crippen LogP contribution in [0.5, 0.6) is 17.2 Å². The lowest BCUT2D eigenvalue weighted by Gasteiger charge is -2.16. The van der Waals surface area contributed by atoms with Crippen molar-refractivity contribution in [3.8, 4) is 17.2 Å². The largest absolute Gasteiger partial charge is 0.497 e. The molecule has 6 nitrogen and oxygen atoms in total. The number of ether oxygens (including phenoxy) is 3. The Kier molecular flexibility index (Phi) is 7.23. The third kappa shape index (κ3) is 5.48. The van der Waals surface area contributed by atoms with Crippen LogP contribution in [0.2, 0.25) is 0 Å². The lowest BCUT2D eigenvalue weighted by Crippen LogP contribution is -2.27. The van der Waals surface area contributed by atoms with Crippen LogP contribution < -0.4 is 19.5 Å². The fraction of sp³-hybridized carbons (Fsp3) is 0.333. The maximum Gasteiger partial charge on any atom is 0.220 e. The van der Waals surface area contributed by atoms with Crippen molar-refractivity contribution in [2.75, 3.05) is 21.3 Å². The van der Waals surface area contributed by atoms with Crippen LogP contribution in [0.25, 0.3) is 0 Å². The average molecular weight is 371 g/mol. The van der Waals surface area contributed by atoms with E-state index in [-0.39, 0.29) is 30.6 Å². The molecule has 27 heavy (non-hydrogen) atoms. The molecule has 0 bridgehead atoms. The smallest absolute Gasteiger partial charge is 0.220 e. The van der Waals surface area contributed by atoms with Gasteiger partial charge < -0.3 is 19.5 Å². The fourth-order valence-corrected chi connectivity index (χ4v) is 2.67. The van der Waals surface area contributed by atoms with Gasteiger partial charge in [-0.15, -0.1) is 0 Å². The third-order valence-corrected chi connectivity index (χ3v) is 4.28. The minimum atomic E-state index is -0.214. The van der Waals surface area contributed by atoms with Gasteiger partial charge in [-0.3, -0.25) is 9.59 Å². The van der Waals surface area contributed by atoms with Crippen LogP contribution in [0, 0.1) is 0 Å². The second kappa shape index (κ2) is 9.62. The minimum Gasteiger partial charge on any atom is -0.497 e. The van der Waals surface area contributed by atoms with Crippen molar-refractivity contribution in [2.45, 2.75) is 25.8 Å². The monoisotopic (exact) mass is 371 g/mol. The van der Waals surface area contributed by atoms with Crippen LogP contribution in [-0.4, -0.2) is 33.0 Å². The number of ketones is 1. The Labute approximate surface area is 159 Å². The van der Waals surface area contributed by atoms with Gasteiger partial charge in [0.1, 0.15) is 5.75 Å². The molecule has 0 aliphatic rings. The van der Waals surface area contributed by atoms with Crippen molar-refractivity contribution < 1.29 is 23.8 Å². The van der Waals surface area contributed by atoms with Gasteiger partial charge in [0.2, 0.25) is 5.91 Å². The van der Waals surface area contributed by atoms with Gasteiger partial charge in [0.15, 0.2) is 17.3 Å². The van der Waals surface area contributed by atoms with Gasteiger partial charge in [0, 0.05) is 18.4 Å². The van der Waals surface area contributed by atoms with E-state index in [1.807, 2.05) is 19.1 Å². The average Bonchev–Trinajstić information content (AvgIpc) is 2.71. The lowest BCUT2D eigenvalue weighted by atomic mass is 10.0. The van der Waals surface area contributed by atoms with Crippen molar-refractivity contribution in [3.05, 3.63) is 53.6 Å². The van der Waals surface area contributed by atoms with Crippen LogP contribution in [-0.2, 0) is 4.79 Å². The predicted molar refractivity (Wildman–Crippen MR) is 103 cm³/mol. The highest BCUT2D eigenvalue weighted by atomic mass is 16.5. The number of carbonyl (C=O) groups excluding carboxylic acids is 2. The fourth-order valence-electron chi connectivity index (χ4n) is 2.67. The van der Waals surface area contributed by atoms with Gasteiger partial charge in [-0.05, 0) is 48.9 Å². The van der Waals surface area contributed by atoms with Crippen molar-refractivity contribution in [3.63, 3.8) is 0 Å². The van der Waals surface area contributed by atoms with Crippen LogP contribution in [0.15, 0.2) is 42.5 Å². The summed E-state index contributed by atoms with van der Waals surface area (Å²) in [6.45, 7) is 1.88. The molecule has 0 saturated carbocycles. The number of Topliss-reactive ketones (excluding diaryl/α,β-unsaturated/α-hetero) is 1. The first-order chi connectivity index (χ1) is 13.0. The zero-order valence-corrected chi connectivity index (χ0v) is 16.1. The molecular weight excluding hydrogens is 346 g/mol. The highest BCUT2D eigenvalue weighted by Gasteiger charge is 2.14. The summed E-state index contributed by atoms with van der Waals surface area (Å²) in [5.41, 5.74) is 1.46. The number of methoxy groups -OCH3 is 3. The van der Waals surface area contributed by atoms with E-state index >= 15 is 0 Å². The summed E-state index contributed by atoms with van der Waals surface area (Å²) in [5, 5.41) is 2.90. The van der Waals surface area contributed by atoms with E-state index in [1.54, 1.807) is 51.7 Å². The normalized spacial score (nSPS) is 11.4. The molecule has 2 aromatic carbocycles. The van der Waals surface area contributed by atoms with Crippen molar-refractivity contribution >= 4 is 11.7 Å². The van der Waals surface area contributed by atoms with Crippen LogP contribution >= 0.6 is 0 Å². The zero-order valence-electron chi connectivity index (χ0n) is 16.1. The molecule has 0 aromatic heterocycles. The molecule has 6 heteroatoms. The van der Waals surface area contributed by atoms with Crippen LogP contribution in [0.4, 0.5) is 0 Å². The maximum absolute atomic E-state index is 12.2. The maximum atomic E-state index is 12.2. The van der Waals surface area contributed by atoms with Crippen molar-refractivity contribution in [1.29, 1.82) is 0 Å². The molecule has 0 heterocycles. The summed E-state index contributed by atoms with van der Waals surface area (Å²) < 4.78 is 15.6. The Morgan fingerprint density at radius 2 is 1.56 bits per heavy atom. The molecule has 144 valence electrons. The summed E-state index contributed by atoms with van der Waals surface area (Å²) >= 11 is 0. The summed E-state index contributed by atoms with van der Waals surface area (Å²) in [7, 11) is 4.71. The number of rotatable bonds is 9. The third-order valence-electron chi connectivity index (χ3n) is 4.28. The van der Waals surface area contributed by atoms with E-state index in [2.05, 4.69) is 5.32 Å². The van der Waals surface area contributed by atoms with Crippen LogP contribution in [0.1, 0.15) is 41.7 Å². The highest BCUT2D eigenvalue weighted by molar-refractivity contribution is 5.98. The number of carbonyl (C=O) groups is 2. The molecule has 0 aliphatic carbocycles.